The molecule has 1 atom stereocenters. The smallest absolute Gasteiger partial charge is 0.0444 e. The fourth-order valence-corrected chi connectivity index (χ4v) is 1.32. The van der Waals surface area contributed by atoms with Gasteiger partial charge in [0.05, 0.1) is 0 Å². The highest BCUT2D eigenvalue weighted by Crippen LogP contribution is 2.27. The molecule has 0 aromatic rings. The third-order valence-electron chi connectivity index (χ3n) is 1.93. The molecular formula is C10H9N. The van der Waals surface area contributed by atoms with E-state index in [1.165, 1.54) is 5.57 Å². The van der Waals surface area contributed by atoms with Crippen LogP contribution in [-0.4, -0.2) is 6.21 Å². The lowest BCUT2D eigenvalue weighted by Crippen LogP contribution is -2.07. The fourth-order valence-electron chi connectivity index (χ4n) is 1.32. The molecule has 2 rings (SSSR count). The summed E-state index contributed by atoms with van der Waals surface area (Å²) in [5.41, 5.74) is 2.22. The van der Waals surface area contributed by atoms with Crippen LogP contribution in [0.25, 0.3) is 0 Å². The van der Waals surface area contributed by atoms with Gasteiger partial charge in [0.1, 0.15) is 0 Å². The molecule has 0 aromatic carbocycles. The number of aliphatic imine (C=N–C) groups is 1. The van der Waals surface area contributed by atoms with Gasteiger partial charge < -0.3 is 0 Å². The molecule has 1 heterocycles. The molecule has 0 N–H and O–H groups in total. The van der Waals surface area contributed by atoms with Crippen molar-refractivity contribution in [2.75, 3.05) is 0 Å². The summed E-state index contributed by atoms with van der Waals surface area (Å²) in [7, 11) is 0. The summed E-state index contributed by atoms with van der Waals surface area (Å²) in [4.78, 5) is 4.13. The molecule has 54 valence electrons. The van der Waals surface area contributed by atoms with Crippen LogP contribution in [0.5, 0.6) is 0 Å². The molecule has 0 aromatic heterocycles. The summed E-state index contributed by atoms with van der Waals surface area (Å²) in [5, 5.41) is 0. The second-order valence-electron chi connectivity index (χ2n) is 2.66. The Morgan fingerprint density at radius 1 is 1.36 bits per heavy atom. The molecule has 0 fully saturated rings. The monoisotopic (exact) mass is 143 g/mol. The van der Waals surface area contributed by atoms with E-state index >= 15 is 0 Å². The van der Waals surface area contributed by atoms with Gasteiger partial charge >= 0.3 is 0 Å². The van der Waals surface area contributed by atoms with E-state index in [0.29, 0.717) is 5.92 Å². The Bertz CT molecular complexity index is 303. The van der Waals surface area contributed by atoms with Gasteiger partial charge in [-0.2, -0.15) is 0 Å². The van der Waals surface area contributed by atoms with E-state index < -0.39 is 0 Å². The van der Waals surface area contributed by atoms with Gasteiger partial charge in [-0.15, -0.1) is 0 Å². The number of hydrogen-bond acceptors (Lipinski definition) is 1. The van der Waals surface area contributed by atoms with E-state index in [9.17, 15) is 0 Å². The van der Waals surface area contributed by atoms with E-state index in [0.717, 1.165) is 5.70 Å². The first-order valence-electron chi connectivity index (χ1n) is 3.66. The van der Waals surface area contributed by atoms with Crippen molar-refractivity contribution in [1.82, 2.24) is 0 Å². The molecule has 1 unspecified atom stereocenters. The molecule has 0 radical (unpaired) electrons. The standard InChI is InChI=1S/C10H9N/c1-8-10-5-3-2-4-9(10)6-7-11-8/h2-7,10H,1H2. The van der Waals surface area contributed by atoms with Gasteiger partial charge in [-0.1, -0.05) is 30.9 Å². The first-order valence-corrected chi connectivity index (χ1v) is 3.66. The molecule has 1 nitrogen and oxygen atoms in total. The Morgan fingerprint density at radius 2 is 2.27 bits per heavy atom. The van der Waals surface area contributed by atoms with Crippen LogP contribution in [0, 0.1) is 5.92 Å². The predicted octanol–water partition coefficient (Wildman–Crippen LogP) is 2.25. The van der Waals surface area contributed by atoms with Crippen LogP contribution in [0.15, 0.2) is 53.2 Å². The zero-order chi connectivity index (χ0) is 7.68. The van der Waals surface area contributed by atoms with Crippen molar-refractivity contribution >= 4 is 6.21 Å². The number of nitrogens with zero attached hydrogens (tertiary/aromatic N) is 1. The molecule has 0 saturated carbocycles. The highest BCUT2D eigenvalue weighted by molar-refractivity contribution is 5.77. The number of allylic oxidation sites excluding steroid dienone is 5. The van der Waals surface area contributed by atoms with E-state index in [4.69, 9.17) is 0 Å². The number of rotatable bonds is 0. The van der Waals surface area contributed by atoms with Crippen molar-refractivity contribution in [3.63, 3.8) is 0 Å². The third-order valence-corrected chi connectivity index (χ3v) is 1.93. The van der Waals surface area contributed by atoms with E-state index in [1.54, 1.807) is 6.21 Å². The van der Waals surface area contributed by atoms with Crippen molar-refractivity contribution in [2.24, 2.45) is 10.9 Å². The third kappa shape index (κ3) is 0.984. The van der Waals surface area contributed by atoms with Crippen LogP contribution in [0.1, 0.15) is 0 Å². The van der Waals surface area contributed by atoms with Crippen molar-refractivity contribution in [1.29, 1.82) is 0 Å². The Balaban J connectivity index is 2.43. The van der Waals surface area contributed by atoms with E-state index in [1.807, 2.05) is 18.2 Å². The molecule has 1 heteroatoms. The summed E-state index contributed by atoms with van der Waals surface area (Å²) < 4.78 is 0. The highest BCUT2D eigenvalue weighted by Gasteiger charge is 2.15. The summed E-state index contributed by atoms with van der Waals surface area (Å²) in [5.74, 6) is 0.324. The summed E-state index contributed by atoms with van der Waals surface area (Å²) in [6.45, 7) is 3.87. The summed E-state index contributed by atoms with van der Waals surface area (Å²) in [6, 6.07) is 0. The zero-order valence-corrected chi connectivity index (χ0v) is 6.20. The first-order chi connectivity index (χ1) is 5.38. The number of hydrogen-bond donors (Lipinski definition) is 0. The Morgan fingerprint density at radius 3 is 3.09 bits per heavy atom. The molecular weight excluding hydrogens is 134 g/mol. The van der Waals surface area contributed by atoms with Crippen molar-refractivity contribution in [2.45, 2.75) is 0 Å². The molecule has 0 saturated heterocycles. The van der Waals surface area contributed by atoms with Gasteiger partial charge in [0.25, 0.3) is 0 Å². The highest BCUT2D eigenvalue weighted by atomic mass is 14.7. The Hall–Kier alpha value is -1.37. The van der Waals surface area contributed by atoms with Gasteiger partial charge in [-0.3, -0.25) is 4.99 Å². The van der Waals surface area contributed by atoms with Crippen LogP contribution in [0.4, 0.5) is 0 Å². The van der Waals surface area contributed by atoms with Gasteiger partial charge in [-0.25, -0.2) is 0 Å². The summed E-state index contributed by atoms with van der Waals surface area (Å²) in [6.07, 6.45) is 12.1. The fraction of sp³-hybridized carbons (Fsp3) is 0.100. The molecule has 11 heavy (non-hydrogen) atoms. The molecule has 0 amide bonds. The maximum atomic E-state index is 4.13. The maximum Gasteiger partial charge on any atom is 0.0444 e. The minimum absolute atomic E-state index is 0.324. The SMILES string of the molecule is C=C1N=CC=C2C=CC=CC12. The zero-order valence-electron chi connectivity index (χ0n) is 6.20. The lowest BCUT2D eigenvalue weighted by atomic mass is 9.91. The normalized spacial score (nSPS) is 26.7. The van der Waals surface area contributed by atoms with Crippen LogP contribution in [0.3, 0.4) is 0 Å². The second kappa shape index (κ2) is 2.35. The lowest BCUT2D eigenvalue weighted by Gasteiger charge is -2.18. The van der Waals surface area contributed by atoms with E-state index in [-0.39, 0.29) is 0 Å². The van der Waals surface area contributed by atoms with Gasteiger partial charge in [0, 0.05) is 17.8 Å². The molecule has 0 spiro atoms. The van der Waals surface area contributed by atoms with Crippen LogP contribution in [-0.2, 0) is 0 Å². The van der Waals surface area contributed by atoms with Crippen LogP contribution in [0.2, 0.25) is 0 Å². The molecule has 0 bridgehead atoms. The summed E-state index contributed by atoms with van der Waals surface area (Å²) >= 11 is 0. The van der Waals surface area contributed by atoms with Gasteiger partial charge in [-0.05, 0) is 11.6 Å². The first kappa shape index (κ1) is 6.35. The molecule has 2 aliphatic rings. The van der Waals surface area contributed by atoms with E-state index in [2.05, 4.69) is 23.7 Å². The average Bonchev–Trinajstić information content (AvgIpc) is 2.06. The van der Waals surface area contributed by atoms with Crippen molar-refractivity contribution in [3.05, 3.63) is 48.2 Å². The minimum atomic E-state index is 0.324. The largest absolute Gasteiger partial charge is 0.261 e. The predicted molar refractivity (Wildman–Crippen MR) is 47.5 cm³/mol. The van der Waals surface area contributed by atoms with Gasteiger partial charge in [0.2, 0.25) is 0 Å². The van der Waals surface area contributed by atoms with Crippen LogP contribution < -0.4 is 0 Å². The van der Waals surface area contributed by atoms with Gasteiger partial charge in [0.15, 0.2) is 0 Å². The average molecular weight is 143 g/mol. The topological polar surface area (TPSA) is 12.4 Å². The molecule has 1 aliphatic heterocycles. The lowest BCUT2D eigenvalue weighted by molar-refractivity contribution is 0.894. The quantitative estimate of drug-likeness (QED) is 0.493. The Labute approximate surface area is 66.1 Å². The minimum Gasteiger partial charge on any atom is -0.261 e. The molecule has 1 aliphatic carbocycles. The van der Waals surface area contributed by atoms with Crippen molar-refractivity contribution in [3.8, 4) is 0 Å². The number of dihydropyridines is 1. The van der Waals surface area contributed by atoms with Crippen molar-refractivity contribution < 1.29 is 0 Å². The Kier molecular flexibility index (Phi) is 1.35. The number of fused-ring (bicyclic) bond motifs is 1. The van der Waals surface area contributed by atoms with Crippen LogP contribution >= 0.6 is 0 Å². The maximum absolute atomic E-state index is 4.13. The second-order valence-corrected chi connectivity index (χ2v) is 2.66.